The van der Waals surface area contributed by atoms with Gasteiger partial charge < -0.3 is 5.11 Å². The Morgan fingerprint density at radius 3 is 2.18 bits per heavy atom. The first-order valence-electron chi connectivity index (χ1n) is 2.86. The molecule has 66 valence electrons. The zero-order chi connectivity index (χ0) is 9.07. The van der Waals surface area contributed by atoms with Gasteiger partial charge in [-0.1, -0.05) is 0 Å². The van der Waals surface area contributed by atoms with E-state index in [2.05, 4.69) is 0 Å². The molecule has 0 aromatic rings. The van der Waals surface area contributed by atoms with E-state index >= 15 is 0 Å². The van der Waals surface area contributed by atoms with E-state index in [1.165, 1.54) is 4.72 Å². The van der Waals surface area contributed by atoms with Crippen LogP contribution >= 0.6 is 0 Å². The summed E-state index contributed by atoms with van der Waals surface area (Å²) in [5, 5.41) is 8.03. The van der Waals surface area contributed by atoms with Gasteiger partial charge in [0.2, 0.25) is 0 Å². The van der Waals surface area contributed by atoms with Crippen molar-refractivity contribution in [3.63, 3.8) is 0 Å². The number of nitrogens with one attached hydrogen (secondary N) is 2. The molecule has 0 bridgehead atoms. The highest BCUT2D eigenvalue weighted by molar-refractivity contribution is 7.88. The fourth-order valence-corrected chi connectivity index (χ4v) is 1.36. The van der Waals surface area contributed by atoms with Crippen molar-refractivity contribution in [3.8, 4) is 0 Å². The van der Waals surface area contributed by atoms with Crippen LogP contribution in [0.5, 0.6) is 0 Å². The van der Waals surface area contributed by atoms with Crippen LogP contribution in [0, 0.1) is 0 Å². The van der Waals surface area contributed by atoms with Gasteiger partial charge in [0, 0.05) is 6.04 Å². The summed E-state index contributed by atoms with van der Waals surface area (Å²) in [6, 6.07) is -0.327. The largest absolute Gasteiger partial charge is 0.464 e. The van der Waals surface area contributed by atoms with Crippen molar-refractivity contribution in [1.82, 2.24) is 9.44 Å². The lowest BCUT2D eigenvalue weighted by Gasteiger charge is -2.07. The van der Waals surface area contributed by atoms with Gasteiger partial charge in [0.25, 0.3) is 0 Å². The van der Waals surface area contributed by atoms with Crippen LogP contribution in [0.15, 0.2) is 0 Å². The Labute approximate surface area is 64.8 Å². The molecule has 0 saturated carbocycles. The average Bonchev–Trinajstić information content (AvgIpc) is 1.53. The molecule has 0 radical (unpaired) electrons. The molecule has 1 amide bonds. The molecule has 6 nitrogen and oxygen atoms in total. The summed E-state index contributed by atoms with van der Waals surface area (Å²) < 4.78 is 24.7. The first-order chi connectivity index (χ1) is 4.83. The lowest BCUT2D eigenvalue weighted by Crippen LogP contribution is -2.42. The maximum absolute atomic E-state index is 10.6. The summed E-state index contributed by atoms with van der Waals surface area (Å²) in [5.41, 5.74) is 0. The number of carboxylic acid groups (broad SMARTS) is 1. The quantitative estimate of drug-likeness (QED) is 0.548. The standard InChI is InChI=1S/C4H10N2O4S/c1-3(2)5-11(9,10)6-4(7)8/h3,5-6H,1-2H3,(H,7,8). The first-order valence-corrected chi connectivity index (χ1v) is 4.35. The van der Waals surface area contributed by atoms with Gasteiger partial charge in [0.05, 0.1) is 0 Å². The van der Waals surface area contributed by atoms with Crippen LogP contribution in [-0.4, -0.2) is 25.7 Å². The number of hydrogen-bond donors (Lipinski definition) is 3. The monoisotopic (exact) mass is 182 g/mol. The second-order valence-electron chi connectivity index (χ2n) is 2.18. The van der Waals surface area contributed by atoms with Crippen molar-refractivity contribution in [2.24, 2.45) is 0 Å². The molecule has 0 spiro atoms. The third kappa shape index (κ3) is 5.62. The third-order valence-corrected chi connectivity index (χ3v) is 1.84. The van der Waals surface area contributed by atoms with Crippen LogP contribution in [0.1, 0.15) is 13.8 Å². The third-order valence-electron chi connectivity index (χ3n) is 0.613. The molecule has 0 aromatic heterocycles. The molecular weight excluding hydrogens is 172 g/mol. The minimum absolute atomic E-state index is 0.327. The molecule has 3 N–H and O–H groups in total. The maximum Gasteiger partial charge on any atom is 0.419 e. The molecule has 0 aliphatic rings. The summed E-state index contributed by atoms with van der Waals surface area (Å²) in [4.78, 5) is 9.87. The van der Waals surface area contributed by atoms with Gasteiger partial charge in [-0.05, 0) is 13.8 Å². The molecule has 7 heteroatoms. The average molecular weight is 182 g/mol. The number of carbonyl (C=O) groups is 1. The fraction of sp³-hybridized carbons (Fsp3) is 0.750. The smallest absolute Gasteiger partial charge is 0.419 e. The minimum Gasteiger partial charge on any atom is -0.464 e. The highest BCUT2D eigenvalue weighted by Gasteiger charge is 2.13. The fourth-order valence-electron chi connectivity index (χ4n) is 0.455. The Balaban J connectivity index is 4.14. The van der Waals surface area contributed by atoms with E-state index in [0.717, 1.165) is 0 Å². The summed E-state index contributed by atoms with van der Waals surface area (Å²) in [5.74, 6) is 0. The molecule has 0 aliphatic carbocycles. The van der Waals surface area contributed by atoms with Crippen molar-refractivity contribution in [1.29, 1.82) is 0 Å². The SMILES string of the molecule is CC(C)NS(=O)(=O)NC(=O)O. The van der Waals surface area contributed by atoms with Crippen LogP contribution in [0.4, 0.5) is 4.79 Å². The molecular formula is C4H10N2O4S. The van der Waals surface area contributed by atoms with Crippen molar-refractivity contribution >= 4 is 16.3 Å². The molecule has 0 unspecified atom stereocenters. The number of rotatable bonds is 3. The topological polar surface area (TPSA) is 95.5 Å². The molecule has 11 heavy (non-hydrogen) atoms. The van der Waals surface area contributed by atoms with Crippen molar-refractivity contribution in [3.05, 3.63) is 0 Å². The summed E-state index contributed by atoms with van der Waals surface area (Å²) in [6.07, 6.45) is -1.60. The van der Waals surface area contributed by atoms with Crippen LogP contribution in [-0.2, 0) is 10.2 Å². The molecule has 0 atom stereocenters. The number of amides is 1. The Morgan fingerprint density at radius 2 is 1.91 bits per heavy atom. The van der Waals surface area contributed by atoms with E-state index in [1.807, 2.05) is 4.72 Å². The summed E-state index contributed by atoms with van der Waals surface area (Å²) >= 11 is 0. The van der Waals surface area contributed by atoms with Gasteiger partial charge in [0.1, 0.15) is 0 Å². The highest BCUT2D eigenvalue weighted by Crippen LogP contribution is 1.82. The molecule has 0 rings (SSSR count). The van der Waals surface area contributed by atoms with Gasteiger partial charge in [-0.25, -0.2) is 9.52 Å². The molecule has 0 fully saturated rings. The molecule has 0 saturated heterocycles. The van der Waals surface area contributed by atoms with Gasteiger partial charge in [-0.2, -0.15) is 13.1 Å². The molecule has 0 heterocycles. The van der Waals surface area contributed by atoms with E-state index in [9.17, 15) is 13.2 Å². The second kappa shape index (κ2) is 3.54. The van der Waals surface area contributed by atoms with Crippen molar-refractivity contribution < 1.29 is 18.3 Å². The van der Waals surface area contributed by atoms with E-state index in [-0.39, 0.29) is 6.04 Å². The van der Waals surface area contributed by atoms with Crippen LogP contribution in [0.3, 0.4) is 0 Å². The summed E-state index contributed by atoms with van der Waals surface area (Å²) in [6.45, 7) is 3.17. The predicted molar refractivity (Wildman–Crippen MR) is 38.4 cm³/mol. The summed E-state index contributed by atoms with van der Waals surface area (Å²) in [7, 11) is -3.88. The zero-order valence-corrected chi connectivity index (χ0v) is 6.97. The maximum atomic E-state index is 10.6. The normalized spacial score (nSPS) is 11.5. The first kappa shape index (κ1) is 10.2. The predicted octanol–water partition coefficient (Wildman–Crippen LogP) is -0.503. The van der Waals surface area contributed by atoms with E-state index in [4.69, 9.17) is 5.11 Å². The number of hydrogen-bond acceptors (Lipinski definition) is 3. The molecule has 0 aromatic carbocycles. The van der Waals surface area contributed by atoms with Gasteiger partial charge in [-0.3, -0.25) is 0 Å². The molecule has 0 aliphatic heterocycles. The van der Waals surface area contributed by atoms with Crippen molar-refractivity contribution in [2.45, 2.75) is 19.9 Å². The van der Waals surface area contributed by atoms with E-state index in [0.29, 0.717) is 0 Å². The van der Waals surface area contributed by atoms with E-state index in [1.54, 1.807) is 13.8 Å². The van der Waals surface area contributed by atoms with Crippen LogP contribution in [0.2, 0.25) is 0 Å². The van der Waals surface area contributed by atoms with Gasteiger partial charge in [-0.15, -0.1) is 0 Å². The van der Waals surface area contributed by atoms with E-state index < -0.39 is 16.3 Å². The Kier molecular flexibility index (Phi) is 3.27. The highest BCUT2D eigenvalue weighted by atomic mass is 32.2. The Bertz CT molecular complexity index is 232. The minimum atomic E-state index is -3.88. The lowest BCUT2D eigenvalue weighted by atomic mass is 10.4. The van der Waals surface area contributed by atoms with Gasteiger partial charge in [0.15, 0.2) is 0 Å². The van der Waals surface area contributed by atoms with Crippen molar-refractivity contribution in [2.75, 3.05) is 0 Å². The zero-order valence-electron chi connectivity index (χ0n) is 6.16. The lowest BCUT2D eigenvalue weighted by molar-refractivity contribution is 0.201. The van der Waals surface area contributed by atoms with Crippen LogP contribution in [0.25, 0.3) is 0 Å². The Hall–Kier alpha value is -0.820. The Morgan fingerprint density at radius 1 is 1.45 bits per heavy atom. The van der Waals surface area contributed by atoms with Gasteiger partial charge >= 0.3 is 16.3 Å². The second-order valence-corrected chi connectivity index (χ2v) is 3.63. The van der Waals surface area contributed by atoms with Crippen LogP contribution < -0.4 is 9.44 Å².